The van der Waals surface area contributed by atoms with Crippen LogP contribution >= 0.6 is 11.6 Å². The molecule has 27 heavy (non-hydrogen) atoms. The lowest BCUT2D eigenvalue weighted by Gasteiger charge is -2.15. The minimum atomic E-state index is -0.851. The molecule has 1 aliphatic rings. The predicted molar refractivity (Wildman–Crippen MR) is 98.4 cm³/mol. The van der Waals surface area contributed by atoms with Crippen LogP contribution in [0.3, 0.4) is 0 Å². The molecule has 0 spiro atoms. The summed E-state index contributed by atoms with van der Waals surface area (Å²) in [5.74, 6) is -0.586. The van der Waals surface area contributed by atoms with Crippen molar-refractivity contribution in [3.63, 3.8) is 0 Å². The highest BCUT2D eigenvalue weighted by Gasteiger charge is 2.28. The first-order valence-electron chi connectivity index (χ1n) is 7.90. The van der Waals surface area contributed by atoms with E-state index in [1.165, 1.54) is 13.2 Å². The molecule has 0 aliphatic carbocycles. The van der Waals surface area contributed by atoms with Crippen LogP contribution in [-0.4, -0.2) is 25.0 Å². The van der Waals surface area contributed by atoms with E-state index < -0.39 is 17.8 Å². The molecule has 0 bridgehead atoms. The smallest absolute Gasteiger partial charge is 0.328 e. The molecule has 1 saturated heterocycles. The summed E-state index contributed by atoms with van der Waals surface area (Å²) in [5, 5.41) is 4.68. The van der Waals surface area contributed by atoms with Crippen molar-refractivity contribution in [3.8, 4) is 11.5 Å². The maximum Gasteiger partial charge on any atom is 0.328 e. The second-order valence-electron chi connectivity index (χ2n) is 5.61. The van der Waals surface area contributed by atoms with E-state index in [1.807, 2.05) is 22.8 Å². The molecule has 2 N–H and O–H groups in total. The van der Waals surface area contributed by atoms with Crippen LogP contribution in [0.5, 0.6) is 11.5 Å². The molecule has 0 aromatic heterocycles. The number of ether oxygens (including phenoxy) is 2. The van der Waals surface area contributed by atoms with Crippen LogP contribution in [0.1, 0.15) is 11.1 Å². The van der Waals surface area contributed by atoms with Crippen molar-refractivity contribution in [2.75, 3.05) is 7.11 Å². The lowest BCUT2D eigenvalue weighted by molar-refractivity contribution is -0.123. The Kier molecular flexibility index (Phi) is 5.42. The number of nitrogens with one attached hydrogen (secondary N) is 2. The standard InChI is InChI=1S/C19H15ClN2O5/c1-26-14-7-4-12(8-15-17(23)21-19(25)22-18(15)24)16(9-14)27-10-11-2-5-13(20)6-3-11/h2-9H,10H2,1H3,(H2,21,22,23,24,25). The number of benzene rings is 2. The normalized spacial score (nSPS) is 13.7. The minimum absolute atomic E-state index is 0.198. The Bertz CT molecular complexity index is 916. The maximum absolute atomic E-state index is 11.9. The summed E-state index contributed by atoms with van der Waals surface area (Å²) in [6.45, 7) is 0.247. The number of halogens is 1. The second kappa shape index (κ2) is 7.92. The summed E-state index contributed by atoms with van der Waals surface area (Å²) in [4.78, 5) is 35.0. The van der Waals surface area contributed by atoms with Crippen LogP contribution in [0.15, 0.2) is 48.0 Å². The van der Waals surface area contributed by atoms with Crippen LogP contribution in [-0.2, 0) is 16.2 Å². The van der Waals surface area contributed by atoms with Crippen LogP contribution < -0.4 is 20.1 Å². The summed E-state index contributed by atoms with van der Waals surface area (Å²) < 4.78 is 11.0. The molecule has 2 aromatic carbocycles. The summed E-state index contributed by atoms with van der Waals surface area (Å²) in [6, 6.07) is 11.3. The highest BCUT2D eigenvalue weighted by Crippen LogP contribution is 2.28. The van der Waals surface area contributed by atoms with Gasteiger partial charge in [0.1, 0.15) is 23.7 Å². The SMILES string of the molecule is COc1ccc(C=C2C(=O)NC(=O)NC2=O)c(OCc2ccc(Cl)cc2)c1. The quantitative estimate of drug-likeness (QED) is 0.608. The molecule has 1 fully saturated rings. The van der Waals surface area contributed by atoms with E-state index in [4.69, 9.17) is 21.1 Å². The number of hydrogen-bond donors (Lipinski definition) is 2. The topological polar surface area (TPSA) is 93.7 Å². The molecule has 0 radical (unpaired) electrons. The minimum Gasteiger partial charge on any atom is -0.497 e. The maximum atomic E-state index is 11.9. The first-order chi connectivity index (χ1) is 13.0. The van der Waals surface area contributed by atoms with E-state index in [-0.39, 0.29) is 12.2 Å². The summed E-state index contributed by atoms with van der Waals surface area (Å²) >= 11 is 5.87. The number of barbiturate groups is 1. The van der Waals surface area contributed by atoms with Gasteiger partial charge < -0.3 is 9.47 Å². The fourth-order valence-electron chi connectivity index (χ4n) is 2.39. The number of methoxy groups -OCH3 is 1. The summed E-state index contributed by atoms with van der Waals surface area (Å²) in [6.07, 6.45) is 1.35. The number of amides is 4. The van der Waals surface area contributed by atoms with E-state index >= 15 is 0 Å². The van der Waals surface area contributed by atoms with E-state index in [0.717, 1.165) is 5.56 Å². The van der Waals surface area contributed by atoms with Gasteiger partial charge in [0.15, 0.2) is 0 Å². The van der Waals surface area contributed by atoms with Gasteiger partial charge in [-0.3, -0.25) is 20.2 Å². The summed E-state index contributed by atoms with van der Waals surface area (Å²) in [7, 11) is 1.52. The van der Waals surface area contributed by atoms with Crippen molar-refractivity contribution in [2.45, 2.75) is 6.61 Å². The van der Waals surface area contributed by atoms with Crippen molar-refractivity contribution < 1.29 is 23.9 Å². The van der Waals surface area contributed by atoms with Gasteiger partial charge in [-0.15, -0.1) is 0 Å². The highest BCUT2D eigenvalue weighted by molar-refractivity contribution is 6.31. The average molecular weight is 387 g/mol. The van der Waals surface area contributed by atoms with E-state index in [2.05, 4.69) is 0 Å². The van der Waals surface area contributed by atoms with Crippen LogP contribution in [0.25, 0.3) is 6.08 Å². The first kappa shape index (κ1) is 18.5. The van der Waals surface area contributed by atoms with Gasteiger partial charge in [-0.2, -0.15) is 0 Å². The van der Waals surface area contributed by atoms with Gasteiger partial charge in [-0.05, 0) is 35.9 Å². The highest BCUT2D eigenvalue weighted by atomic mass is 35.5. The van der Waals surface area contributed by atoms with Crippen molar-refractivity contribution in [1.82, 2.24) is 10.6 Å². The molecular formula is C19H15ClN2O5. The molecule has 1 heterocycles. The van der Waals surface area contributed by atoms with Crippen molar-refractivity contribution in [1.29, 1.82) is 0 Å². The fraction of sp³-hybridized carbons (Fsp3) is 0.105. The van der Waals surface area contributed by atoms with Crippen LogP contribution in [0.4, 0.5) is 4.79 Å². The molecule has 8 heteroatoms. The van der Waals surface area contributed by atoms with Crippen LogP contribution in [0, 0.1) is 0 Å². The van der Waals surface area contributed by atoms with Crippen molar-refractivity contribution >= 4 is 35.5 Å². The third-order valence-corrected chi connectivity index (χ3v) is 4.02. The zero-order valence-electron chi connectivity index (χ0n) is 14.2. The van der Waals surface area contributed by atoms with Crippen LogP contribution in [0.2, 0.25) is 5.02 Å². The molecule has 0 atom stereocenters. The third kappa shape index (κ3) is 4.45. The zero-order chi connectivity index (χ0) is 19.4. The van der Waals surface area contributed by atoms with E-state index in [9.17, 15) is 14.4 Å². The molecule has 1 aliphatic heterocycles. The Morgan fingerprint density at radius 3 is 2.30 bits per heavy atom. The first-order valence-corrected chi connectivity index (χ1v) is 8.27. The largest absolute Gasteiger partial charge is 0.497 e. The van der Waals surface area contributed by atoms with Gasteiger partial charge in [0, 0.05) is 16.7 Å². The Morgan fingerprint density at radius 2 is 1.67 bits per heavy atom. The Hall–Kier alpha value is -3.32. The number of rotatable bonds is 5. The number of urea groups is 1. The van der Waals surface area contributed by atoms with E-state index in [0.29, 0.717) is 22.1 Å². The molecule has 4 amide bonds. The number of carbonyl (C=O) groups excluding carboxylic acids is 3. The Morgan fingerprint density at radius 1 is 1.00 bits per heavy atom. The predicted octanol–water partition coefficient (Wildman–Crippen LogP) is 2.68. The van der Waals surface area contributed by atoms with Gasteiger partial charge in [-0.1, -0.05) is 23.7 Å². The molecular weight excluding hydrogens is 372 g/mol. The van der Waals surface area contributed by atoms with Crippen molar-refractivity contribution in [2.24, 2.45) is 0 Å². The zero-order valence-corrected chi connectivity index (χ0v) is 15.0. The molecule has 2 aromatic rings. The van der Waals surface area contributed by atoms with E-state index in [1.54, 1.807) is 30.3 Å². The van der Waals surface area contributed by atoms with Gasteiger partial charge >= 0.3 is 6.03 Å². The fourth-order valence-corrected chi connectivity index (χ4v) is 2.52. The van der Waals surface area contributed by atoms with Gasteiger partial charge in [0.05, 0.1) is 7.11 Å². The number of carbonyl (C=O) groups is 3. The molecule has 0 saturated carbocycles. The molecule has 7 nitrogen and oxygen atoms in total. The molecule has 0 unspecified atom stereocenters. The molecule has 138 valence electrons. The summed E-state index contributed by atoms with van der Waals surface area (Å²) in [5.41, 5.74) is 1.18. The lowest BCUT2D eigenvalue weighted by Crippen LogP contribution is -2.51. The van der Waals surface area contributed by atoms with Gasteiger partial charge in [0.25, 0.3) is 11.8 Å². The number of hydrogen-bond acceptors (Lipinski definition) is 5. The van der Waals surface area contributed by atoms with Gasteiger partial charge in [0.2, 0.25) is 0 Å². The third-order valence-electron chi connectivity index (χ3n) is 3.77. The monoisotopic (exact) mass is 386 g/mol. The Labute approximate surface area is 159 Å². The number of imide groups is 2. The second-order valence-corrected chi connectivity index (χ2v) is 6.05. The van der Waals surface area contributed by atoms with Gasteiger partial charge in [-0.25, -0.2) is 4.79 Å². The Balaban J connectivity index is 1.89. The lowest BCUT2D eigenvalue weighted by atomic mass is 10.1. The molecule has 3 rings (SSSR count). The average Bonchev–Trinajstić information content (AvgIpc) is 2.64. The van der Waals surface area contributed by atoms with Crippen molar-refractivity contribution in [3.05, 3.63) is 64.2 Å².